The lowest BCUT2D eigenvalue weighted by Crippen LogP contribution is -2.24. The van der Waals surface area contributed by atoms with E-state index in [1.54, 1.807) is 28.8 Å². The highest BCUT2D eigenvalue weighted by Crippen LogP contribution is 2.13. The van der Waals surface area contributed by atoms with Crippen molar-refractivity contribution in [2.75, 3.05) is 11.9 Å². The first kappa shape index (κ1) is 13.6. The predicted octanol–water partition coefficient (Wildman–Crippen LogP) is 1.90. The summed E-state index contributed by atoms with van der Waals surface area (Å²) in [4.78, 5) is 16.5. The fraction of sp³-hybridized carbons (Fsp3) is 0.214. The molecule has 0 spiro atoms. The van der Waals surface area contributed by atoms with Crippen molar-refractivity contribution in [1.82, 2.24) is 19.3 Å². The van der Waals surface area contributed by atoms with E-state index in [4.69, 9.17) is 11.6 Å². The SMILES string of the molecule is Cn1ncc2c(=O)n(CCNc3ccc(Cl)cc3)cnc21. The van der Waals surface area contributed by atoms with Crippen LogP contribution in [0.15, 0.2) is 41.6 Å². The van der Waals surface area contributed by atoms with Crippen LogP contribution < -0.4 is 10.9 Å². The van der Waals surface area contributed by atoms with Crippen molar-refractivity contribution in [2.24, 2.45) is 7.05 Å². The van der Waals surface area contributed by atoms with Crippen LogP contribution in [-0.2, 0) is 13.6 Å². The van der Waals surface area contributed by atoms with Gasteiger partial charge in [0.05, 0.1) is 6.20 Å². The minimum atomic E-state index is -0.0778. The molecule has 0 saturated carbocycles. The van der Waals surface area contributed by atoms with Crippen LogP contribution in [0.3, 0.4) is 0 Å². The van der Waals surface area contributed by atoms with Crippen LogP contribution in [0.5, 0.6) is 0 Å². The zero-order valence-electron chi connectivity index (χ0n) is 11.5. The quantitative estimate of drug-likeness (QED) is 0.799. The van der Waals surface area contributed by atoms with Gasteiger partial charge in [-0.3, -0.25) is 14.0 Å². The smallest absolute Gasteiger partial charge is 0.264 e. The van der Waals surface area contributed by atoms with Gasteiger partial charge in [-0.15, -0.1) is 0 Å². The van der Waals surface area contributed by atoms with Crippen LogP contribution in [0.25, 0.3) is 11.0 Å². The number of fused-ring (bicyclic) bond motifs is 1. The molecule has 6 nitrogen and oxygen atoms in total. The molecular formula is C14H14ClN5O. The normalized spacial score (nSPS) is 11.0. The summed E-state index contributed by atoms with van der Waals surface area (Å²) < 4.78 is 3.17. The molecule has 0 aliphatic rings. The van der Waals surface area contributed by atoms with Crippen molar-refractivity contribution in [3.63, 3.8) is 0 Å². The minimum Gasteiger partial charge on any atom is -0.383 e. The van der Waals surface area contributed by atoms with Crippen LogP contribution in [0.2, 0.25) is 5.02 Å². The maximum atomic E-state index is 12.3. The van der Waals surface area contributed by atoms with E-state index < -0.39 is 0 Å². The van der Waals surface area contributed by atoms with Crippen molar-refractivity contribution in [3.05, 3.63) is 52.2 Å². The maximum absolute atomic E-state index is 12.3. The Kier molecular flexibility index (Phi) is 3.62. The van der Waals surface area contributed by atoms with Crippen molar-refractivity contribution in [3.8, 4) is 0 Å². The van der Waals surface area contributed by atoms with Crippen LogP contribution in [0, 0.1) is 0 Å². The average molecular weight is 304 g/mol. The number of rotatable bonds is 4. The Labute approximate surface area is 126 Å². The van der Waals surface area contributed by atoms with Crippen LogP contribution >= 0.6 is 11.6 Å². The molecule has 2 heterocycles. The van der Waals surface area contributed by atoms with Crippen LogP contribution in [-0.4, -0.2) is 25.9 Å². The van der Waals surface area contributed by atoms with Gasteiger partial charge in [-0.1, -0.05) is 11.6 Å². The first-order chi connectivity index (χ1) is 10.1. The number of hydrogen-bond acceptors (Lipinski definition) is 4. The van der Waals surface area contributed by atoms with E-state index in [9.17, 15) is 4.79 Å². The number of benzene rings is 1. The molecule has 0 saturated heterocycles. The molecule has 3 rings (SSSR count). The van der Waals surface area contributed by atoms with Gasteiger partial charge in [0.1, 0.15) is 11.7 Å². The van der Waals surface area contributed by atoms with E-state index in [0.29, 0.717) is 29.1 Å². The van der Waals surface area contributed by atoms with Gasteiger partial charge in [-0.05, 0) is 24.3 Å². The lowest BCUT2D eigenvalue weighted by molar-refractivity contribution is 0.686. The summed E-state index contributed by atoms with van der Waals surface area (Å²) in [6.45, 7) is 1.15. The van der Waals surface area contributed by atoms with Gasteiger partial charge >= 0.3 is 0 Å². The summed E-state index contributed by atoms with van der Waals surface area (Å²) in [6.07, 6.45) is 3.10. The molecule has 0 amide bonds. The molecule has 0 aliphatic carbocycles. The van der Waals surface area contributed by atoms with Gasteiger partial charge in [0.2, 0.25) is 0 Å². The van der Waals surface area contributed by atoms with Gasteiger partial charge in [-0.2, -0.15) is 5.10 Å². The van der Waals surface area contributed by atoms with Gasteiger partial charge in [0.15, 0.2) is 5.65 Å². The zero-order chi connectivity index (χ0) is 14.8. The second kappa shape index (κ2) is 5.57. The molecule has 0 atom stereocenters. The summed E-state index contributed by atoms with van der Waals surface area (Å²) in [5.41, 5.74) is 1.48. The standard InChI is InChI=1S/C14H14ClN5O/c1-19-13-12(8-18-19)14(21)20(9-17-13)7-6-16-11-4-2-10(15)3-5-11/h2-5,8-9,16H,6-7H2,1H3. The minimum absolute atomic E-state index is 0.0778. The molecule has 21 heavy (non-hydrogen) atoms. The highest BCUT2D eigenvalue weighted by Gasteiger charge is 2.07. The van der Waals surface area contributed by atoms with E-state index in [1.807, 2.05) is 24.3 Å². The number of anilines is 1. The Balaban J connectivity index is 1.72. The Morgan fingerprint density at radius 1 is 1.29 bits per heavy atom. The molecule has 0 aliphatic heterocycles. The first-order valence-electron chi connectivity index (χ1n) is 6.52. The molecule has 1 N–H and O–H groups in total. The van der Waals surface area contributed by atoms with Crippen LogP contribution in [0.1, 0.15) is 0 Å². The lowest BCUT2D eigenvalue weighted by Gasteiger charge is -2.08. The van der Waals surface area contributed by atoms with Crippen molar-refractivity contribution >= 4 is 28.3 Å². The second-order valence-electron chi connectivity index (χ2n) is 4.68. The Morgan fingerprint density at radius 3 is 2.81 bits per heavy atom. The third-order valence-electron chi connectivity index (χ3n) is 3.24. The summed E-state index contributed by atoms with van der Waals surface area (Å²) in [5, 5.41) is 8.51. The number of hydrogen-bond donors (Lipinski definition) is 1. The van der Waals surface area contributed by atoms with Crippen LogP contribution in [0.4, 0.5) is 5.69 Å². The zero-order valence-corrected chi connectivity index (χ0v) is 12.2. The molecule has 0 unspecified atom stereocenters. The molecule has 7 heteroatoms. The first-order valence-corrected chi connectivity index (χ1v) is 6.89. The number of nitrogens with one attached hydrogen (secondary N) is 1. The summed E-state index contributed by atoms with van der Waals surface area (Å²) in [6, 6.07) is 7.43. The molecule has 1 aromatic carbocycles. The number of nitrogens with zero attached hydrogens (tertiary/aromatic N) is 4. The van der Waals surface area contributed by atoms with E-state index in [0.717, 1.165) is 5.69 Å². The topological polar surface area (TPSA) is 64.7 Å². The molecule has 0 fully saturated rings. The Hall–Kier alpha value is -2.34. The second-order valence-corrected chi connectivity index (χ2v) is 5.12. The highest BCUT2D eigenvalue weighted by molar-refractivity contribution is 6.30. The predicted molar refractivity (Wildman–Crippen MR) is 82.7 cm³/mol. The lowest BCUT2D eigenvalue weighted by atomic mass is 10.3. The molecule has 3 aromatic rings. The molecule has 0 bridgehead atoms. The average Bonchev–Trinajstić information content (AvgIpc) is 2.86. The van der Waals surface area contributed by atoms with Gasteiger partial charge in [0.25, 0.3) is 5.56 Å². The fourth-order valence-corrected chi connectivity index (χ4v) is 2.24. The van der Waals surface area contributed by atoms with E-state index in [-0.39, 0.29) is 5.56 Å². The Bertz CT molecular complexity index is 821. The van der Waals surface area contributed by atoms with E-state index in [2.05, 4.69) is 15.4 Å². The summed E-state index contributed by atoms with van der Waals surface area (Å²) >= 11 is 5.83. The molecular weight excluding hydrogens is 290 g/mol. The van der Waals surface area contributed by atoms with Crippen molar-refractivity contribution < 1.29 is 0 Å². The highest BCUT2D eigenvalue weighted by atomic mass is 35.5. The molecule has 0 radical (unpaired) electrons. The fourth-order valence-electron chi connectivity index (χ4n) is 2.11. The number of aromatic nitrogens is 4. The monoisotopic (exact) mass is 303 g/mol. The summed E-state index contributed by atoms with van der Waals surface area (Å²) in [7, 11) is 1.77. The third-order valence-corrected chi connectivity index (χ3v) is 3.50. The largest absolute Gasteiger partial charge is 0.383 e. The van der Waals surface area contributed by atoms with Crippen molar-refractivity contribution in [1.29, 1.82) is 0 Å². The van der Waals surface area contributed by atoms with Crippen molar-refractivity contribution in [2.45, 2.75) is 6.54 Å². The Morgan fingerprint density at radius 2 is 2.05 bits per heavy atom. The summed E-state index contributed by atoms with van der Waals surface area (Å²) in [5.74, 6) is 0. The molecule has 2 aromatic heterocycles. The van der Waals surface area contributed by atoms with E-state index in [1.165, 1.54) is 0 Å². The maximum Gasteiger partial charge on any atom is 0.264 e. The number of halogens is 1. The van der Waals surface area contributed by atoms with Gasteiger partial charge < -0.3 is 5.32 Å². The van der Waals surface area contributed by atoms with Gasteiger partial charge in [-0.25, -0.2) is 4.98 Å². The number of aryl methyl sites for hydroxylation is 1. The van der Waals surface area contributed by atoms with Gasteiger partial charge in [0, 0.05) is 30.8 Å². The molecule has 108 valence electrons. The third kappa shape index (κ3) is 2.75. The van der Waals surface area contributed by atoms with E-state index >= 15 is 0 Å².